The van der Waals surface area contributed by atoms with Crippen molar-refractivity contribution in [2.24, 2.45) is 7.05 Å². The molecule has 6 heteroatoms. The van der Waals surface area contributed by atoms with Crippen LogP contribution in [-0.4, -0.2) is 45.2 Å². The standard InChI is InChI=1S/C14H19N3O3/c1-9-11(8-15-16(9)2)14(19)20-12-6-7-17(13(12)18)10-4-3-5-10/h8,10,12H,3-7H2,1-2H3. The summed E-state index contributed by atoms with van der Waals surface area (Å²) in [5.74, 6) is -0.492. The normalized spacial score (nSPS) is 23.0. The van der Waals surface area contributed by atoms with Crippen LogP contribution in [0.25, 0.3) is 0 Å². The highest BCUT2D eigenvalue weighted by molar-refractivity contribution is 5.93. The number of esters is 1. The third-order valence-corrected chi connectivity index (χ3v) is 4.41. The van der Waals surface area contributed by atoms with E-state index in [4.69, 9.17) is 4.74 Å². The van der Waals surface area contributed by atoms with Gasteiger partial charge < -0.3 is 9.64 Å². The Kier molecular flexibility index (Phi) is 3.23. The molecule has 2 heterocycles. The molecule has 1 saturated heterocycles. The van der Waals surface area contributed by atoms with Gasteiger partial charge in [0.2, 0.25) is 0 Å². The first kappa shape index (κ1) is 13.1. The Hall–Kier alpha value is -1.85. The zero-order chi connectivity index (χ0) is 14.3. The summed E-state index contributed by atoms with van der Waals surface area (Å²) in [6, 6.07) is 0.367. The summed E-state index contributed by atoms with van der Waals surface area (Å²) in [6.45, 7) is 2.51. The number of aryl methyl sites for hydroxylation is 1. The van der Waals surface area contributed by atoms with E-state index < -0.39 is 12.1 Å². The van der Waals surface area contributed by atoms with Crippen LogP contribution in [0.2, 0.25) is 0 Å². The molecule has 2 aliphatic rings. The lowest BCUT2D eigenvalue weighted by atomic mass is 9.92. The van der Waals surface area contributed by atoms with Crippen LogP contribution in [-0.2, 0) is 16.6 Å². The average Bonchev–Trinajstić information content (AvgIpc) is 2.86. The van der Waals surface area contributed by atoms with E-state index in [9.17, 15) is 9.59 Å². The number of amides is 1. The second-order valence-electron chi connectivity index (χ2n) is 5.57. The first-order valence-corrected chi connectivity index (χ1v) is 7.08. The van der Waals surface area contributed by atoms with Crippen molar-refractivity contribution >= 4 is 11.9 Å². The maximum Gasteiger partial charge on any atom is 0.342 e. The molecule has 0 radical (unpaired) electrons. The van der Waals surface area contributed by atoms with E-state index in [1.807, 2.05) is 4.90 Å². The number of nitrogens with zero attached hydrogens (tertiary/aromatic N) is 3. The summed E-state index contributed by atoms with van der Waals surface area (Å²) in [5, 5.41) is 4.02. The van der Waals surface area contributed by atoms with Gasteiger partial charge in [-0.15, -0.1) is 0 Å². The molecule has 0 aromatic carbocycles. The van der Waals surface area contributed by atoms with Gasteiger partial charge in [-0.3, -0.25) is 9.48 Å². The van der Waals surface area contributed by atoms with Gasteiger partial charge >= 0.3 is 5.97 Å². The third-order valence-electron chi connectivity index (χ3n) is 4.41. The third kappa shape index (κ3) is 2.09. The van der Waals surface area contributed by atoms with Crippen LogP contribution in [0.1, 0.15) is 41.7 Å². The molecule has 1 atom stereocenters. The fourth-order valence-electron chi connectivity index (χ4n) is 2.74. The van der Waals surface area contributed by atoms with Crippen LogP contribution < -0.4 is 0 Å². The molecule has 1 aliphatic carbocycles. The van der Waals surface area contributed by atoms with Crippen molar-refractivity contribution in [3.8, 4) is 0 Å². The topological polar surface area (TPSA) is 64.4 Å². The van der Waals surface area contributed by atoms with Gasteiger partial charge in [0.1, 0.15) is 5.56 Å². The average molecular weight is 277 g/mol. The summed E-state index contributed by atoms with van der Waals surface area (Å²) < 4.78 is 6.99. The Balaban J connectivity index is 1.65. The Bertz CT molecular complexity index is 548. The number of hydrogen-bond acceptors (Lipinski definition) is 4. The van der Waals surface area contributed by atoms with Crippen molar-refractivity contribution in [1.82, 2.24) is 14.7 Å². The summed E-state index contributed by atoms with van der Waals surface area (Å²) >= 11 is 0. The summed E-state index contributed by atoms with van der Waals surface area (Å²) in [4.78, 5) is 26.2. The minimum atomic E-state index is -0.622. The van der Waals surface area contributed by atoms with Crippen LogP contribution in [0.5, 0.6) is 0 Å². The van der Waals surface area contributed by atoms with E-state index in [-0.39, 0.29) is 5.91 Å². The fraction of sp³-hybridized carbons (Fsp3) is 0.643. The molecule has 0 bridgehead atoms. The van der Waals surface area contributed by atoms with Gasteiger partial charge in [-0.05, 0) is 26.2 Å². The number of ether oxygens (including phenoxy) is 1. The van der Waals surface area contributed by atoms with E-state index in [0.717, 1.165) is 18.5 Å². The van der Waals surface area contributed by atoms with Crippen molar-refractivity contribution in [3.63, 3.8) is 0 Å². The predicted molar refractivity (Wildman–Crippen MR) is 71.1 cm³/mol. The smallest absolute Gasteiger partial charge is 0.342 e. The molecule has 20 heavy (non-hydrogen) atoms. The number of likely N-dealkylation sites (tertiary alicyclic amines) is 1. The molecule has 1 aromatic rings. The Labute approximate surface area is 117 Å². The lowest BCUT2D eigenvalue weighted by Crippen LogP contribution is -2.43. The molecule has 1 aliphatic heterocycles. The molecule has 0 spiro atoms. The monoisotopic (exact) mass is 277 g/mol. The molecular formula is C14H19N3O3. The van der Waals surface area contributed by atoms with Crippen LogP contribution >= 0.6 is 0 Å². The molecular weight excluding hydrogens is 258 g/mol. The lowest BCUT2D eigenvalue weighted by Gasteiger charge is -2.34. The van der Waals surface area contributed by atoms with Crippen molar-refractivity contribution < 1.29 is 14.3 Å². The van der Waals surface area contributed by atoms with Gasteiger partial charge in [0.15, 0.2) is 6.10 Å². The Morgan fingerprint density at radius 3 is 2.70 bits per heavy atom. The molecule has 1 saturated carbocycles. The van der Waals surface area contributed by atoms with E-state index in [1.165, 1.54) is 12.6 Å². The largest absolute Gasteiger partial charge is 0.448 e. The van der Waals surface area contributed by atoms with Crippen molar-refractivity contribution in [3.05, 3.63) is 17.5 Å². The second-order valence-corrected chi connectivity index (χ2v) is 5.57. The Morgan fingerprint density at radius 1 is 1.40 bits per heavy atom. The number of aromatic nitrogens is 2. The van der Waals surface area contributed by atoms with Crippen LogP contribution in [0.4, 0.5) is 0 Å². The zero-order valence-corrected chi connectivity index (χ0v) is 11.8. The first-order chi connectivity index (χ1) is 9.58. The first-order valence-electron chi connectivity index (χ1n) is 7.08. The van der Waals surface area contributed by atoms with Crippen molar-refractivity contribution in [1.29, 1.82) is 0 Å². The minimum Gasteiger partial charge on any atom is -0.448 e. The van der Waals surface area contributed by atoms with Crippen LogP contribution in [0.3, 0.4) is 0 Å². The summed E-state index contributed by atoms with van der Waals surface area (Å²) in [5.41, 5.74) is 1.18. The molecule has 3 rings (SSSR count). The number of rotatable bonds is 3. The lowest BCUT2D eigenvalue weighted by molar-refractivity contribution is -0.138. The van der Waals surface area contributed by atoms with Gasteiger partial charge in [-0.2, -0.15) is 5.10 Å². The molecule has 6 nitrogen and oxygen atoms in total. The number of hydrogen-bond donors (Lipinski definition) is 0. The number of carbonyl (C=O) groups excluding carboxylic acids is 2. The second kappa shape index (κ2) is 4.92. The maximum absolute atomic E-state index is 12.2. The zero-order valence-electron chi connectivity index (χ0n) is 11.8. The summed E-state index contributed by atoms with van der Waals surface area (Å²) in [6.07, 6.45) is 4.81. The number of carbonyl (C=O) groups is 2. The van der Waals surface area contributed by atoms with E-state index >= 15 is 0 Å². The molecule has 1 amide bonds. The van der Waals surface area contributed by atoms with Crippen molar-refractivity contribution in [2.45, 2.75) is 44.8 Å². The summed E-state index contributed by atoms with van der Waals surface area (Å²) in [7, 11) is 1.77. The predicted octanol–water partition coefficient (Wildman–Crippen LogP) is 1.04. The molecule has 1 aromatic heterocycles. The Morgan fingerprint density at radius 2 is 2.15 bits per heavy atom. The van der Waals surface area contributed by atoms with Gasteiger partial charge in [-0.25, -0.2) is 4.79 Å². The van der Waals surface area contributed by atoms with E-state index in [1.54, 1.807) is 18.7 Å². The minimum absolute atomic E-state index is 0.0374. The van der Waals surface area contributed by atoms with Gasteiger partial charge in [0.25, 0.3) is 5.91 Å². The highest BCUT2D eigenvalue weighted by Gasteiger charge is 2.40. The van der Waals surface area contributed by atoms with Gasteiger partial charge in [0.05, 0.1) is 6.20 Å². The molecule has 2 fully saturated rings. The highest BCUT2D eigenvalue weighted by Crippen LogP contribution is 2.29. The van der Waals surface area contributed by atoms with Crippen LogP contribution in [0.15, 0.2) is 6.20 Å². The maximum atomic E-state index is 12.2. The highest BCUT2D eigenvalue weighted by atomic mass is 16.5. The van der Waals surface area contributed by atoms with Gasteiger partial charge in [0, 0.05) is 31.7 Å². The van der Waals surface area contributed by atoms with Crippen LogP contribution in [0, 0.1) is 6.92 Å². The SMILES string of the molecule is Cc1c(C(=O)OC2CCN(C3CCC3)C2=O)cnn1C. The van der Waals surface area contributed by atoms with E-state index in [2.05, 4.69) is 5.10 Å². The van der Waals surface area contributed by atoms with Gasteiger partial charge in [-0.1, -0.05) is 0 Å². The molecule has 0 N–H and O–H groups in total. The van der Waals surface area contributed by atoms with E-state index in [0.29, 0.717) is 24.6 Å². The molecule has 108 valence electrons. The fourth-order valence-corrected chi connectivity index (χ4v) is 2.74. The van der Waals surface area contributed by atoms with Crippen molar-refractivity contribution in [2.75, 3.05) is 6.54 Å². The molecule has 1 unspecified atom stereocenters. The quantitative estimate of drug-likeness (QED) is 0.774.